The van der Waals surface area contributed by atoms with E-state index in [1.54, 1.807) is 0 Å². The average Bonchev–Trinajstić information content (AvgIpc) is 2.31. The lowest BCUT2D eigenvalue weighted by Gasteiger charge is -2.29. The van der Waals surface area contributed by atoms with Crippen molar-refractivity contribution in [1.82, 2.24) is 5.32 Å². The minimum atomic E-state index is -0.335. The van der Waals surface area contributed by atoms with Crippen molar-refractivity contribution in [3.63, 3.8) is 0 Å². The first-order valence-electron chi connectivity index (χ1n) is 7.58. The zero-order valence-electron chi connectivity index (χ0n) is 12.2. The molecule has 1 saturated carbocycles. The second kappa shape index (κ2) is 7.78. The van der Waals surface area contributed by atoms with Crippen LogP contribution in [0.5, 0.6) is 0 Å². The van der Waals surface area contributed by atoms with Gasteiger partial charge in [-0.2, -0.15) is 0 Å². The predicted octanol–water partition coefficient (Wildman–Crippen LogP) is 2.83. The van der Waals surface area contributed by atoms with Gasteiger partial charge in [-0.25, -0.2) is 0 Å². The van der Waals surface area contributed by atoms with Crippen LogP contribution < -0.4 is 11.1 Å². The molecule has 0 heterocycles. The van der Waals surface area contributed by atoms with Gasteiger partial charge in [0.05, 0.1) is 6.04 Å². The molecule has 0 aromatic rings. The van der Waals surface area contributed by atoms with Crippen LogP contribution in [0.1, 0.15) is 65.7 Å². The molecule has 0 radical (unpaired) electrons. The molecule has 0 aromatic carbocycles. The van der Waals surface area contributed by atoms with Crippen LogP contribution in [-0.4, -0.2) is 18.0 Å². The first kappa shape index (κ1) is 15.5. The number of carbonyl (C=O) groups excluding carboxylic acids is 1. The quantitative estimate of drug-likeness (QED) is 0.766. The summed E-state index contributed by atoms with van der Waals surface area (Å²) in [5.74, 6) is 1.40. The number of carbonyl (C=O) groups is 1. The molecule has 0 unspecified atom stereocenters. The fourth-order valence-electron chi connectivity index (χ4n) is 2.93. The largest absolute Gasteiger partial charge is 0.352 e. The molecule has 1 aliphatic rings. The maximum Gasteiger partial charge on any atom is 0.237 e. The van der Waals surface area contributed by atoms with E-state index in [9.17, 15) is 4.79 Å². The van der Waals surface area contributed by atoms with Crippen molar-refractivity contribution in [3.8, 4) is 0 Å². The molecule has 3 N–H and O–H groups in total. The first-order chi connectivity index (χ1) is 8.52. The summed E-state index contributed by atoms with van der Waals surface area (Å²) in [5, 5.41) is 3.12. The lowest BCUT2D eigenvalue weighted by molar-refractivity contribution is -0.123. The maximum atomic E-state index is 11.9. The molecule has 1 amide bonds. The van der Waals surface area contributed by atoms with Crippen LogP contribution in [0.25, 0.3) is 0 Å². The van der Waals surface area contributed by atoms with Crippen molar-refractivity contribution in [2.24, 2.45) is 17.6 Å². The van der Waals surface area contributed by atoms with Crippen LogP contribution in [0.4, 0.5) is 0 Å². The summed E-state index contributed by atoms with van der Waals surface area (Å²) < 4.78 is 0. The van der Waals surface area contributed by atoms with E-state index < -0.39 is 0 Å². The number of hydrogen-bond acceptors (Lipinski definition) is 2. The average molecular weight is 254 g/mol. The van der Waals surface area contributed by atoms with Crippen LogP contribution in [0.15, 0.2) is 0 Å². The molecule has 1 atom stereocenters. The smallest absolute Gasteiger partial charge is 0.237 e. The third-order valence-corrected chi connectivity index (χ3v) is 3.95. The molecule has 1 rings (SSSR count). The van der Waals surface area contributed by atoms with Gasteiger partial charge in [0.2, 0.25) is 5.91 Å². The van der Waals surface area contributed by atoms with Gasteiger partial charge in [0.15, 0.2) is 0 Å². The Morgan fingerprint density at radius 1 is 1.28 bits per heavy atom. The lowest BCUT2D eigenvalue weighted by Crippen LogP contribution is -2.46. The summed E-state index contributed by atoms with van der Waals surface area (Å²) in [4.78, 5) is 11.9. The van der Waals surface area contributed by atoms with Gasteiger partial charge < -0.3 is 11.1 Å². The number of rotatable bonds is 6. The van der Waals surface area contributed by atoms with E-state index in [4.69, 9.17) is 5.73 Å². The summed E-state index contributed by atoms with van der Waals surface area (Å²) in [6.45, 7) is 6.45. The van der Waals surface area contributed by atoms with E-state index in [1.807, 2.05) is 0 Å². The van der Waals surface area contributed by atoms with Gasteiger partial charge in [0, 0.05) is 6.04 Å². The monoisotopic (exact) mass is 254 g/mol. The molecule has 0 spiro atoms. The van der Waals surface area contributed by atoms with Crippen molar-refractivity contribution in [2.75, 3.05) is 0 Å². The van der Waals surface area contributed by atoms with Crippen LogP contribution in [0, 0.1) is 11.8 Å². The van der Waals surface area contributed by atoms with Crippen molar-refractivity contribution in [2.45, 2.75) is 77.8 Å². The zero-order chi connectivity index (χ0) is 13.5. The Hall–Kier alpha value is -0.570. The van der Waals surface area contributed by atoms with Crippen molar-refractivity contribution in [3.05, 3.63) is 0 Å². The highest BCUT2D eigenvalue weighted by Crippen LogP contribution is 2.27. The fraction of sp³-hybridized carbons (Fsp3) is 0.933. The van der Waals surface area contributed by atoms with E-state index >= 15 is 0 Å². The molecular formula is C15H30N2O. The summed E-state index contributed by atoms with van der Waals surface area (Å²) in [7, 11) is 0. The zero-order valence-corrected chi connectivity index (χ0v) is 12.2. The highest BCUT2D eigenvalue weighted by atomic mass is 16.2. The Kier molecular flexibility index (Phi) is 6.69. The molecule has 106 valence electrons. The summed E-state index contributed by atoms with van der Waals surface area (Å²) in [6.07, 6.45) is 8.18. The third kappa shape index (κ3) is 5.38. The summed E-state index contributed by atoms with van der Waals surface area (Å²) >= 11 is 0. The molecule has 3 heteroatoms. The lowest BCUT2D eigenvalue weighted by atomic mass is 9.83. The molecule has 1 fully saturated rings. The minimum Gasteiger partial charge on any atom is -0.352 e. The van der Waals surface area contributed by atoms with Crippen LogP contribution in [-0.2, 0) is 4.79 Å². The molecule has 0 saturated heterocycles. The Labute approximate surface area is 112 Å². The second-order valence-corrected chi connectivity index (χ2v) is 6.25. The maximum absolute atomic E-state index is 11.9. The number of nitrogens with one attached hydrogen (secondary N) is 1. The fourth-order valence-corrected chi connectivity index (χ4v) is 2.93. The molecule has 1 aliphatic carbocycles. The summed E-state index contributed by atoms with van der Waals surface area (Å²) in [5.41, 5.74) is 5.90. The minimum absolute atomic E-state index is 0.0441. The molecular weight excluding hydrogens is 224 g/mol. The Balaban J connectivity index is 2.25. The van der Waals surface area contributed by atoms with Gasteiger partial charge in [-0.05, 0) is 43.9 Å². The van der Waals surface area contributed by atoms with Crippen LogP contribution >= 0.6 is 0 Å². The van der Waals surface area contributed by atoms with Gasteiger partial charge >= 0.3 is 0 Å². The van der Waals surface area contributed by atoms with Crippen molar-refractivity contribution < 1.29 is 4.79 Å². The SMILES string of the molecule is CCCC1CCC(NC(=O)[C@@H](N)CC(C)C)CC1. The first-order valence-corrected chi connectivity index (χ1v) is 7.58. The topological polar surface area (TPSA) is 55.1 Å². The highest BCUT2D eigenvalue weighted by Gasteiger charge is 2.23. The number of amides is 1. The van der Waals surface area contributed by atoms with Crippen LogP contribution in [0.2, 0.25) is 0 Å². The Morgan fingerprint density at radius 3 is 2.39 bits per heavy atom. The van der Waals surface area contributed by atoms with Gasteiger partial charge in [0.25, 0.3) is 0 Å². The van der Waals surface area contributed by atoms with Gasteiger partial charge in [-0.3, -0.25) is 4.79 Å². The predicted molar refractivity (Wildman–Crippen MR) is 76.2 cm³/mol. The van der Waals surface area contributed by atoms with Gasteiger partial charge in [-0.15, -0.1) is 0 Å². The second-order valence-electron chi connectivity index (χ2n) is 6.25. The molecule has 18 heavy (non-hydrogen) atoms. The highest BCUT2D eigenvalue weighted by molar-refractivity contribution is 5.81. The molecule has 3 nitrogen and oxygen atoms in total. The van der Waals surface area contributed by atoms with Crippen molar-refractivity contribution >= 4 is 5.91 Å². The number of hydrogen-bond donors (Lipinski definition) is 2. The summed E-state index contributed by atoms with van der Waals surface area (Å²) in [6, 6.07) is 0.0298. The van der Waals surface area contributed by atoms with E-state index in [0.717, 1.165) is 25.2 Å². The standard InChI is InChI=1S/C15H30N2O/c1-4-5-12-6-8-13(9-7-12)17-15(18)14(16)10-11(2)3/h11-14H,4-10,16H2,1-3H3,(H,17,18)/t12?,13?,14-/m0/s1. The molecule has 0 aliphatic heterocycles. The molecule has 0 aromatic heterocycles. The molecule has 0 bridgehead atoms. The van der Waals surface area contributed by atoms with E-state index in [0.29, 0.717) is 12.0 Å². The van der Waals surface area contributed by atoms with Gasteiger partial charge in [0.1, 0.15) is 0 Å². The number of nitrogens with two attached hydrogens (primary N) is 1. The van der Waals surface area contributed by atoms with E-state index in [-0.39, 0.29) is 11.9 Å². The van der Waals surface area contributed by atoms with E-state index in [2.05, 4.69) is 26.1 Å². The van der Waals surface area contributed by atoms with E-state index in [1.165, 1.54) is 25.7 Å². The van der Waals surface area contributed by atoms with Crippen LogP contribution in [0.3, 0.4) is 0 Å². The van der Waals surface area contributed by atoms with Gasteiger partial charge in [-0.1, -0.05) is 33.6 Å². The normalized spacial score (nSPS) is 26.1. The third-order valence-electron chi connectivity index (χ3n) is 3.95. The Morgan fingerprint density at radius 2 is 1.89 bits per heavy atom. The Bertz CT molecular complexity index is 245. The van der Waals surface area contributed by atoms with Crippen molar-refractivity contribution in [1.29, 1.82) is 0 Å².